The summed E-state index contributed by atoms with van der Waals surface area (Å²) in [6, 6.07) is 67.9. The predicted octanol–water partition coefficient (Wildman–Crippen LogP) is 16.3. The van der Waals surface area contributed by atoms with Crippen molar-refractivity contribution in [3.05, 3.63) is 284 Å². The Labute approximate surface area is 565 Å². The molecule has 1 heterocycles. The summed E-state index contributed by atoms with van der Waals surface area (Å²) in [6.07, 6.45) is 0.722. The lowest BCUT2D eigenvalue weighted by Gasteiger charge is -2.25. The van der Waals surface area contributed by atoms with E-state index in [0.717, 1.165) is 72.3 Å². The molecule has 9 aromatic carbocycles. The Kier molecular flexibility index (Phi) is 21.6. The number of ether oxygens (including phenoxy) is 4. The maximum absolute atomic E-state index is 12.9. The molecule has 0 spiro atoms. The van der Waals surface area contributed by atoms with E-state index in [2.05, 4.69) is 53.8 Å². The van der Waals surface area contributed by atoms with Gasteiger partial charge in [0.1, 0.15) is 37.9 Å². The number of carboxylic acids is 2. The molecule has 484 valence electrons. The molecule has 0 unspecified atom stereocenters. The van der Waals surface area contributed by atoms with E-state index in [0.29, 0.717) is 40.8 Å². The lowest BCUT2D eigenvalue weighted by Crippen LogP contribution is -2.43. The second-order valence-electron chi connectivity index (χ2n) is 23.5. The highest BCUT2D eigenvalue weighted by Crippen LogP contribution is 2.47. The van der Waals surface area contributed by atoms with Crippen molar-refractivity contribution >= 4 is 71.0 Å². The molecule has 3 aliphatic carbocycles. The molecule has 15 nitrogen and oxygen atoms in total. The first-order chi connectivity index (χ1) is 46.1. The zero-order valence-electron chi connectivity index (χ0n) is 51.8. The molecular formula is C77H68Cl3N3O12. The summed E-state index contributed by atoms with van der Waals surface area (Å²) < 4.78 is 21.9. The molecule has 0 bridgehead atoms. The predicted molar refractivity (Wildman–Crippen MR) is 365 cm³/mol. The van der Waals surface area contributed by atoms with Gasteiger partial charge >= 0.3 is 36.2 Å². The van der Waals surface area contributed by atoms with Gasteiger partial charge in [-0.2, -0.15) is 0 Å². The average molecular weight is 1330 g/mol. The molecule has 3 N–H and O–H groups in total. The fourth-order valence-electron chi connectivity index (χ4n) is 12.8. The van der Waals surface area contributed by atoms with E-state index in [4.69, 9.17) is 53.8 Å². The second kappa shape index (κ2) is 30.9. The molecule has 3 amide bonds. The van der Waals surface area contributed by atoms with Crippen LogP contribution in [-0.4, -0.2) is 108 Å². The van der Waals surface area contributed by atoms with Crippen LogP contribution in [0.3, 0.4) is 0 Å². The summed E-state index contributed by atoms with van der Waals surface area (Å²) >= 11 is 17.7. The van der Waals surface area contributed by atoms with Crippen LogP contribution in [0.25, 0.3) is 33.4 Å². The fraction of sp³-hybridized carbons (Fsp3) is 0.221. The lowest BCUT2D eigenvalue weighted by atomic mass is 9.98. The quantitative estimate of drug-likeness (QED) is 0.0512. The normalized spacial score (nSPS) is 14.5. The highest BCUT2D eigenvalue weighted by molar-refractivity contribution is 6.31. The highest BCUT2D eigenvalue weighted by atomic mass is 35.5. The van der Waals surface area contributed by atoms with Crippen LogP contribution < -0.4 is 5.32 Å². The number of halogens is 3. The molecule has 13 rings (SSSR count). The summed E-state index contributed by atoms with van der Waals surface area (Å²) in [5, 5.41) is 23.6. The number of alkyl carbamates (subject to hydrolysis) is 1. The molecule has 0 aromatic heterocycles. The van der Waals surface area contributed by atoms with Crippen LogP contribution >= 0.6 is 34.8 Å². The summed E-state index contributed by atoms with van der Waals surface area (Å²) in [4.78, 5) is 76.3. The first-order valence-corrected chi connectivity index (χ1v) is 32.4. The zero-order valence-corrected chi connectivity index (χ0v) is 54.1. The number of cyclic esters (lactones) is 1. The van der Waals surface area contributed by atoms with Crippen LogP contribution in [0.4, 0.5) is 14.4 Å². The molecular weight excluding hydrogens is 1270 g/mol. The molecule has 1 saturated heterocycles. The molecule has 18 heteroatoms. The van der Waals surface area contributed by atoms with Gasteiger partial charge in [-0.3, -0.25) is 9.80 Å². The second-order valence-corrected chi connectivity index (χ2v) is 24.8. The van der Waals surface area contributed by atoms with Gasteiger partial charge in [-0.05, 0) is 158 Å². The minimum Gasteiger partial charge on any atom is -0.480 e. The van der Waals surface area contributed by atoms with Crippen molar-refractivity contribution < 1.29 is 57.9 Å². The van der Waals surface area contributed by atoms with Gasteiger partial charge in [0.25, 0.3) is 0 Å². The minimum absolute atomic E-state index is 0.0295. The Balaban J connectivity index is 0.000000145. The molecule has 3 atom stereocenters. The smallest absolute Gasteiger partial charge is 0.413 e. The van der Waals surface area contributed by atoms with Crippen LogP contribution in [0, 0.1) is 0 Å². The summed E-state index contributed by atoms with van der Waals surface area (Å²) in [5.74, 6) is -2.73. The SMILES string of the molecule is CN(C(=O)OCC1c2ccccc2-c2ccccc21)[C@@H](CCc1ccc(Cl)cc1)C(=O)O.O=C(N[C@@H](CCc1ccc(Cl)cc1)C(=O)O)OCC1c2ccccc2-c2ccccc21.O=C1OCN(C(=O)OCC2c3ccccc3-c3ccccc32)[C@H]1CCc1ccc(Cl)cc1. The summed E-state index contributed by atoms with van der Waals surface area (Å²) in [5.41, 5.74) is 16.6. The molecule has 0 radical (unpaired) electrons. The molecule has 9 aromatic rings. The van der Waals surface area contributed by atoms with Crippen molar-refractivity contribution in [2.45, 2.75) is 74.4 Å². The maximum atomic E-state index is 12.9. The monoisotopic (exact) mass is 1330 g/mol. The van der Waals surface area contributed by atoms with Gasteiger partial charge in [-0.15, -0.1) is 0 Å². The van der Waals surface area contributed by atoms with Crippen molar-refractivity contribution in [1.82, 2.24) is 15.1 Å². The number of hydrogen-bond donors (Lipinski definition) is 3. The van der Waals surface area contributed by atoms with Crippen LogP contribution in [0.5, 0.6) is 0 Å². The Morgan fingerprint density at radius 2 is 0.832 bits per heavy atom. The Morgan fingerprint density at radius 3 is 1.21 bits per heavy atom. The van der Waals surface area contributed by atoms with Crippen molar-refractivity contribution in [3.63, 3.8) is 0 Å². The highest BCUT2D eigenvalue weighted by Gasteiger charge is 2.40. The number of nitrogens with one attached hydrogen (secondary N) is 1. The third-order valence-corrected chi connectivity index (χ3v) is 18.5. The number of aryl methyl sites for hydroxylation is 3. The maximum Gasteiger partial charge on any atom is 0.413 e. The van der Waals surface area contributed by atoms with Gasteiger partial charge in [-0.1, -0.05) is 217 Å². The Bertz CT molecular complexity index is 4060. The lowest BCUT2D eigenvalue weighted by molar-refractivity contribution is -0.142. The topological polar surface area (TPSA) is 198 Å². The molecule has 1 aliphatic heterocycles. The number of likely N-dealkylation sites (N-methyl/N-ethyl adjacent to an activating group) is 1. The third-order valence-electron chi connectivity index (χ3n) is 17.7. The van der Waals surface area contributed by atoms with Gasteiger partial charge in [0.2, 0.25) is 0 Å². The molecule has 1 fully saturated rings. The number of aliphatic carboxylic acids is 2. The number of amides is 3. The average Bonchev–Trinajstić information content (AvgIpc) is 1.64. The number of benzene rings is 9. The number of carboxylic acid groups (broad SMARTS) is 2. The largest absolute Gasteiger partial charge is 0.480 e. The van der Waals surface area contributed by atoms with Crippen molar-refractivity contribution in [2.75, 3.05) is 33.6 Å². The van der Waals surface area contributed by atoms with Crippen LogP contribution in [0.15, 0.2) is 218 Å². The zero-order chi connectivity index (χ0) is 66.5. The number of hydrogen-bond acceptors (Lipinski definition) is 10. The van der Waals surface area contributed by atoms with E-state index in [9.17, 15) is 39.0 Å². The number of carbonyl (C=O) groups excluding carboxylic acids is 4. The standard InChI is InChI=1S/C26H22ClNO4.C26H24ClNO4.C25H22ClNO4/c27-18-12-9-17(10-13-18)11-14-24-25(29)32-16-28(24)26(30)31-15-23-21-7-3-1-5-19(21)20-6-2-4-8-22(20)23;1-28(24(25(29)30)15-12-17-10-13-18(27)14-11-17)26(31)32-16-23-21-8-4-2-6-19(21)20-7-3-5-9-22(20)23;26-17-12-9-16(10-13-17)11-14-23(24(28)29)27-25(30)31-15-22-20-7-3-1-5-18(20)19-6-2-4-8-21(19)22/h1-10,12-13,23-24H,11,14-16H2;2-11,13-14,23-24H,12,15-16H2,1H3,(H,29,30);1-10,12-13,22-23H,11,14-15H2,(H,27,30)(H,28,29)/t2*24-;23-/m000/s1. The van der Waals surface area contributed by atoms with Gasteiger partial charge in [0.15, 0.2) is 6.73 Å². The van der Waals surface area contributed by atoms with Crippen LogP contribution in [-0.2, 0) is 52.6 Å². The van der Waals surface area contributed by atoms with Crippen molar-refractivity contribution in [3.8, 4) is 33.4 Å². The van der Waals surface area contributed by atoms with E-state index in [1.807, 2.05) is 146 Å². The van der Waals surface area contributed by atoms with Crippen LogP contribution in [0.1, 0.15) is 87.1 Å². The first-order valence-electron chi connectivity index (χ1n) is 31.3. The van der Waals surface area contributed by atoms with E-state index < -0.39 is 54.3 Å². The Hall–Kier alpha value is -9.93. The summed E-state index contributed by atoms with van der Waals surface area (Å²) in [7, 11) is 1.47. The Morgan fingerprint density at radius 1 is 0.484 bits per heavy atom. The van der Waals surface area contributed by atoms with Gasteiger partial charge in [0, 0.05) is 39.9 Å². The van der Waals surface area contributed by atoms with E-state index in [1.54, 1.807) is 24.3 Å². The third kappa shape index (κ3) is 15.8. The molecule has 0 saturated carbocycles. The number of nitrogens with zero attached hydrogens (tertiary/aromatic N) is 2. The summed E-state index contributed by atoms with van der Waals surface area (Å²) in [6.45, 7) is 0.423. The van der Waals surface area contributed by atoms with Gasteiger partial charge < -0.3 is 34.5 Å². The molecule has 4 aliphatic rings. The van der Waals surface area contributed by atoms with Crippen molar-refractivity contribution in [2.24, 2.45) is 0 Å². The van der Waals surface area contributed by atoms with Gasteiger partial charge in [-0.25, -0.2) is 28.8 Å². The fourth-order valence-corrected chi connectivity index (χ4v) is 13.2. The van der Waals surface area contributed by atoms with Crippen molar-refractivity contribution in [1.29, 1.82) is 0 Å². The molecule has 95 heavy (non-hydrogen) atoms. The number of fused-ring (bicyclic) bond motifs is 9. The van der Waals surface area contributed by atoms with Crippen LogP contribution in [0.2, 0.25) is 15.1 Å². The number of rotatable bonds is 19. The minimum atomic E-state index is -1.09. The van der Waals surface area contributed by atoms with Gasteiger partial charge in [0.05, 0.1) is 0 Å². The van der Waals surface area contributed by atoms with E-state index in [1.165, 1.54) is 28.0 Å². The van der Waals surface area contributed by atoms with E-state index >= 15 is 0 Å². The number of carbonyl (C=O) groups is 6. The number of esters is 1. The first kappa shape index (κ1) is 66.5. The van der Waals surface area contributed by atoms with E-state index in [-0.39, 0.29) is 57.1 Å².